The van der Waals surface area contributed by atoms with Crippen molar-refractivity contribution in [2.75, 3.05) is 38.1 Å². The van der Waals surface area contributed by atoms with E-state index in [-0.39, 0.29) is 17.7 Å². The third-order valence-corrected chi connectivity index (χ3v) is 7.29. The number of Topliss-reactive ketones (excluding diaryl/α,β-unsaturated/α-hetero) is 1. The van der Waals surface area contributed by atoms with Crippen LogP contribution in [0.25, 0.3) is 16.9 Å². The predicted octanol–water partition coefficient (Wildman–Crippen LogP) is 4.46. The van der Waals surface area contributed by atoms with E-state index in [1.807, 2.05) is 61.4 Å². The van der Waals surface area contributed by atoms with Crippen LogP contribution >= 0.6 is 0 Å². The van der Waals surface area contributed by atoms with Crippen molar-refractivity contribution in [1.82, 2.24) is 34.7 Å². The molecule has 4 aromatic rings. The van der Waals surface area contributed by atoms with Gasteiger partial charge in [0, 0.05) is 43.5 Å². The summed E-state index contributed by atoms with van der Waals surface area (Å²) in [7, 11) is 2.17. The number of aryl methyl sites for hydroxylation is 2. The molecule has 5 rings (SSSR count). The highest BCUT2D eigenvalue weighted by molar-refractivity contribution is 5.96. The van der Waals surface area contributed by atoms with Crippen LogP contribution in [0.2, 0.25) is 0 Å². The van der Waals surface area contributed by atoms with E-state index < -0.39 is 0 Å². The number of nitrogens with zero attached hydrogens (tertiary/aromatic N) is 8. The van der Waals surface area contributed by atoms with Crippen molar-refractivity contribution in [3.05, 3.63) is 71.4 Å². The zero-order chi connectivity index (χ0) is 27.7. The number of anilines is 1. The molecule has 0 spiro atoms. The highest BCUT2D eigenvalue weighted by atomic mass is 16.1. The lowest BCUT2D eigenvalue weighted by Gasteiger charge is -2.22. The first-order chi connectivity index (χ1) is 18.6. The van der Waals surface area contributed by atoms with E-state index in [0.717, 1.165) is 72.1 Å². The number of aromatic nitrogens is 6. The fourth-order valence-electron chi connectivity index (χ4n) is 5.14. The van der Waals surface area contributed by atoms with Crippen molar-refractivity contribution in [1.29, 1.82) is 0 Å². The molecule has 0 radical (unpaired) electrons. The maximum absolute atomic E-state index is 13.1. The maximum Gasteiger partial charge on any atom is 0.187 e. The van der Waals surface area contributed by atoms with E-state index in [1.165, 1.54) is 0 Å². The summed E-state index contributed by atoms with van der Waals surface area (Å²) < 4.78 is 3.69. The summed E-state index contributed by atoms with van der Waals surface area (Å²) >= 11 is 0. The van der Waals surface area contributed by atoms with Crippen molar-refractivity contribution in [2.45, 2.75) is 53.0 Å². The molecule has 0 atom stereocenters. The van der Waals surface area contributed by atoms with Crippen molar-refractivity contribution in [3.63, 3.8) is 0 Å². The molecule has 1 aliphatic rings. The Morgan fingerprint density at radius 1 is 1.00 bits per heavy atom. The summed E-state index contributed by atoms with van der Waals surface area (Å²) in [5.74, 6) is -0.00206. The molecule has 204 valence electrons. The molecule has 3 aromatic heterocycles. The van der Waals surface area contributed by atoms with Gasteiger partial charge in [-0.3, -0.25) is 14.5 Å². The normalized spacial score (nSPS) is 15.0. The SMILES string of the molecule is Cc1ccc(CC(=O)c2cc(C)n(C(C)(C)C)n2)cc1-n1cc(-c2cncc(N3CCCN(C)CC3)c2)nn1. The van der Waals surface area contributed by atoms with Crippen LogP contribution in [0.5, 0.6) is 0 Å². The van der Waals surface area contributed by atoms with E-state index in [9.17, 15) is 4.79 Å². The average molecular weight is 527 g/mol. The Morgan fingerprint density at radius 3 is 2.59 bits per heavy atom. The second kappa shape index (κ2) is 10.7. The Morgan fingerprint density at radius 2 is 1.82 bits per heavy atom. The lowest BCUT2D eigenvalue weighted by atomic mass is 10.0. The molecule has 0 bridgehead atoms. The van der Waals surface area contributed by atoms with Gasteiger partial charge in [-0.2, -0.15) is 5.10 Å². The van der Waals surface area contributed by atoms with Gasteiger partial charge < -0.3 is 9.80 Å². The molecule has 0 N–H and O–H groups in total. The number of benzene rings is 1. The lowest BCUT2D eigenvalue weighted by Crippen LogP contribution is -2.28. The molecule has 9 nitrogen and oxygen atoms in total. The molecule has 39 heavy (non-hydrogen) atoms. The number of rotatable bonds is 6. The largest absolute Gasteiger partial charge is 0.369 e. The third kappa shape index (κ3) is 5.93. The summed E-state index contributed by atoms with van der Waals surface area (Å²) in [6, 6.07) is 10.1. The number of hydrogen-bond acceptors (Lipinski definition) is 7. The Hall–Kier alpha value is -3.85. The van der Waals surface area contributed by atoms with Crippen molar-refractivity contribution < 1.29 is 4.79 Å². The zero-order valence-corrected chi connectivity index (χ0v) is 23.8. The molecule has 0 aliphatic carbocycles. The molecule has 0 saturated carbocycles. The predicted molar refractivity (Wildman–Crippen MR) is 154 cm³/mol. The highest BCUT2D eigenvalue weighted by Crippen LogP contribution is 2.25. The number of pyridine rings is 1. The van der Waals surface area contributed by atoms with Crippen LogP contribution in [0, 0.1) is 13.8 Å². The number of carbonyl (C=O) groups is 1. The van der Waals surface area contributed by atoms with Crippen molar-refractivity contribution in [2.24, 2.45) is 0 Å². The number of likely N-dealkylation sites (N-methyl/N-ethyl adjacent to an activating group) is 1. The molecule has 1 fully saturated rings. The van der Waals surface area contributed by atoms with Gasteiger partial charge in [-0.1, -0.05) is 17.3 Å². The number of ketones is 1. The van der Waals surface area contributed by atoms with Gasteiger partial charge >= 0.3 is 0 Å². The molecule has 0 unspecified atom stereocenters. The number of hydrogen-bond donors (Lipinski definition) is 0. The summed E-state index contributed by atoms with van der Waals surface area (Å²) in [5, 5.41) is 13.5. The summed E-state index contributed by atoms with van der Waals surface area (Å²) in [6.45, 7) is 14.4. The van der Waals surface area contributed by atoms with Crippen molar-refractivity contribution >= 4 is 11.5 Å². The number of carbonyl (C=O) groups excluding carboxylic acids is 1. The van der Waals surface area contributed by atoms with Crippen LogP contribution in [-0.4, -0.2) is 73.7 Å². The van der Waals surface area contributed by atoms with E-state index in [4.69, 9.17) is 0 Å². The molecule has 1 saturated heterocycles. The first-order valence-electron chi connectivity index (χ1n) is 13.6. The smallest absolute Gasteiger partial charge is 0.187 e. The summed E-state index contributed by atoms with van der Waals surface area (Å²) in [5.41, 5.74) is 6.97. The van der Waals surface area contributed by atoms with Gasteiger partial charge in [0.05, 0.1) is 29.3 Å². The van der Waals surface area contributed by atoms with Crippen molar-refractivity contribution in [3.8, 4) is 16.9 Å². The Kier molecular flexibility index (Phi) is 7.36. The van der Waals surface area contributed by atoms with Crippen LogP contribution < -0.4 is 4.90 Å². The van der Waals surface area contributed by atoms with Gasteiger partial charge in [0.15, 0.2) is 5.78 Å². The Balaban J connectivity index is 1.35. The standard InChI is InChI=1S/C30H38N8O/c1-21-8-9-23(16-29(39)26-14-22(2)38(33-26)30(3,4)5)15-28(21)37-20-27(32-34-37)24-17-25(19-31-18-24)36-11-7-10-35(6)12-13-36/h8-9,14-15,17-20H,7,10-13,16H2,1-6H3. The van der Waals surface area contributed by atoms with E-state index >= 15 is 0 Å². The molecular weight excluding hydrogens is 488 g/mol. The topological polar surface area (TPSA) is 85.0 Å². The molecule has 4 heterocycles. The van der Waals surface area contributed by atoms with Crippen LogP contribution in [-0.2, 0) is 12.0 Å². The zero-order valence-electron chi connectivity index (χ0n) is 23.8. The van der Waals surface area contributed by atoms with Gasteiger partial charge in [0.25, 0.3) is 0 Å². The molecule has 1 aromatic carbocycles. The Bertz CT molecular complexity index is 1480. The monoisotopic (exact) mass is 526 g/mol. The van der Waals surface area contributed by atoms with E-state index in [2.05, 4.69) is 64.1 Å². The summed E-state index contributed by atoms with van der Waals surface area (Å²) in [4.78, 5) is 22.4. The molecular formula is C30H38N8O. The Labute approximate surface area is 230 Å². The van der Waals surface area contributed by atoms with Crippen LogP contribution in [0.1, 0.15) is 54.5 Å². The van der Waals surface area contributed by atoms with Gasteiger partial charge in [0.1, 0.15) is 11.4 Å². The minimum Gasteiger partial charge on any atom is -0.369 e. The maximum atomic E-state index is 13.1. The molecule has 9 heteroatoms. The summed E-state index contributed by atoms with van der Waals surface area (Å²) in [6.07, 6.45) is 7.09. The second-order valence-electron chi connectivity index (χ2n) is 11.6. The minimum absolute atomic E-state index is 0.00206. The highest BCUT2D eigenvalue weighted by Gasteiger charge is 2.21. The first-order valence-corrected chi connectivity index (χ1v) is 13.6. The minimum atomic E-state index is -0.177. The first kappa shape index (κ1) is 26.7. The quantitative estimate of drug-likeness (QED) is 0.343. The average Bonchev–Trinajstić information content (AvgIpc) is 3.49. The van der Waals surface area contributed by atoms with Gasteiger partial charge in [-0.15, -0.1) is 5.10 Å². The van der Waals surface area contributed by atoms with E-state index in [0.29, 0.717) is 5.69 Å². The third-order valence-electron chi connectivity index (χ3n) is 7.29. The second-order valence-corrected chi connectivity index (χ2v) is 11.6. The fraction of sp³-hybridized carbons (Fsp3) is 0.433. The fourth-order valence-corrected chi connectivity index (χ4v) is 5.14. The molecule has 1 aliphatic heterocycles. The molecule has 0 amide bonds. The van der Waals surface area contributed by atoms with Gasteiger partial charge in [-0.25, -0.2) is 4.68 Å². The van der Waals surface area contributed by atoms with Gasteiger partial charge in [-0.05, 0) is 84.0 Å². The van der Waals surface area contributed by atoms with Gasteiger partial charge in [0.2, 0.25) is 0 Å². The van der Waals surface area contributed by atoms with Crippen LogP contribution in [0.3, 0.4) is 0 Å². The van der Waals surface area contributed by atoms with E-state index in [1.54, 1.807) is 4.68 Å². The lowest BCUT2D eigenvalue weighted by molar-refractivity contribution is 0.0986. The van der Waals surface area contributed by atoms with Crippen LogP contribution in [0.15, 0.2) is 48.9 Å². The van der Waals surface area contributed by atoms with Crippen LogP contribution in [0.4, 0.5) is 5.69 Å².